The van der Waals surface area contributed by atoms with Gasteiger partial charge in [-0.25, -0.2) is 4.79 Å². The lowest BCUT2D eigenvalue weighted by atomic mass is 10.2. The van der Waals surface area contributed by atoms with Crippen LogP contribution in [0.1, 0.15) is 5.56 Å². The number of halogens is 4. The first kappa shape index (κ1) is 21.8. The van der Waals surface area contributed by atoms with Crippen molar-refractivity contribution in [1.29, 1.82) is 0 Å². The molecule has 2 aromatic carbocycles. The van der Waals surface area contributed by atoms with Crippen LogP contribution in [0.5, 0.6) is 5.75 Å². The third-order valence-electron chi connectivity index (χ3n) is 3.36. The highest BCUT2D eigenvalue weighted by atomic mass is 79.9. The smallest absolute Gasteiger partial charge is 0.406 e. The van der Waals surface area contributed by atoms with Crippen LogP contribution in [0.15, 0.2) is 40.9 Å². The summed E-state index contributed by atoms with van der Waals surface area (Å²) in [6.07, 6.45) is -4.90. The topological polar surface area (TPSA) is 103 Å². The minimum Gasteiger partial charge on any atom is -0.406 e. The van der Waals surface area contributed by atoms with Gasteiger partial charge >= 0.3 is 12.4 Å². The normalized spacial score (nSPS) is 11.1. The van der Waals surface area contributed by atoms with Crippen molar-refractivity contribution in [2.24, 2.45) is 0 Å². The van der Waals surface area contributed by atoms with Crippen molar-refractivity contribution in [3.63, 3.8) is 0 Å². The fourth-order valence-electron chi connectivity index (χ4n) is 2.29. The van der Waals surface area contributed by atoms with Crippen molar-refractivity contribution < 1.29 is 32.9 Å². The standard InChI is InChI=1S/C17H17BrF3N3O4/c18-14-2-1-3-15(13(14)9-26)24-16(27)23-11-6-10(22-4-5-25)7-12(8-11)28-17(19,20)21/h1-3,6-8,22,25-26H,4-5,9H2,(H2,23,24,27). The molecule has 0 saturated heterocycles. The predicted molar refractivity (Wildman–Crippen MR) is 101 cm³/mol. The molecule has 0 unspecified atom stereocenters. The summed E-state index contributed by atoms with van der Waals surface area (Å²) < 4.78 is 42.0. The number of ether oxygens (including phenoxy) is 1. The molecule has 0 atom stereocenters. The largest absolute Gasteiger partial charge is 0.573 e. The number of rotatable bonds is 7. The predicted octanol–water partition coefficient (Wildman–Crippen LogP) is 3.89. The molecule has 0 saturated carbocycles. The first-order valence-electron chi connectivity index (χ1n) is 7.93. The SMILES string of the molecule is O=C(Nc1cc(NCCO)cc(OC(F)(F)F)c1)Nc1cccc(Br)c1CO. The number of benzene rings is 2. The fourth-order valence-corrected chi connectivity index (χ4v) is 2.78. The van der Waals surface area contributed by atoms with Crippen LogP contribution in [0.2, 0.25) is 0 Å². The lowest BCUT2D eigenvalue weighted by Gasteiger charge is -2.15. The Labute approximate surface area is 166 Å². The maximum atomic E-state index is 12.5. The van der Waals surface area contributed by atoms with E-state index in [1.165, 1.54) is 6.07 Å². The van der Waals surface area contributed by atoms with Crippen molar-refractivity contribution in [1.82, 2.24) is 0 Å². The first-order valence-corrected chi connectivity index (χ1v) is 8.73. The summed E-state index contributed by atoms with van der Waals surface area (Å²) in [7, 11) is 0. The maximum Gasteiger partial charge on any atom is 0.573 e. The van der Waals surface area contributed by atoms with Gasteiger partial charge in [-0.1, -0.05) is 22.0 Å². The van der Waals surface area contributed by atoms with Crippen LogP contribution in [0, 0.1) is 0 Å². The summed E-state index contributed by atoms with van der Waals surface area (Å²) >= 11 is 3.25. The second-order valence-electron chi connectivity index (χ2n) is 5.45. The molecule has 2 amide bonds. The van der Waals surface area contributed by atoms with Gasteiger partial charge in [0.2, 0.25) is 0 Å². The lowest BCUT2D eigenvalue weighted by Crippen LogP contribution is -2.21. The van der Waals surface area contributed by atoms with Gasteiger partial charge in [-0.15, -0.1) is 13.2 Å². The Hall–Kier alpha value is -2.50. The van der Waals surface area contributed by atoms with Gasteiger partial charge in [0.25, 0.3) is 0 Å². The van der Waals surface area contributed by atoms with E-state index in [1.54, 1.807) is 18.2 Å². The monoisotopic (exact) mass is 463 g/mol. The maximum absolute atomic E-state index is 12.5. The number of amides is 2. The number of aliphatic hydroxyl groups is 2. The number of aliphatic hydroxyl groups excluding tert-OH is 2. The van der Waals surface area contributed by atoms with Gasteiger partial charge in [0, 0.05) is 45.8 Å². The second-order valence-corrected chi connectivity index (χ2v) is 6.30. The number of nitrogens with one attached hydrogen (secondary N) is 3. The molecule has 0 spiro atoms. The molecule has 11 heteroatoms. The Morgan fingerprint density at radius 1 is 1.11 bits per heavy atom. The molecule has 0 heterocycles. The van der Waals surface area contributed by atoms with E-state index >= 15 is 0 Å². The molecular formula is C17H17BrF3N3O4. The number of anilines is 3. The highest BCUT2D eigenvalue weighted by Gasteiger charge is 2.31. The van der Waals surface area contributed by atoms with E-state index in [0.29, 0.717) is 15.7 Å². The van der Waals surface area contributed by atoms with Gasteiger partial charge < -0.3 is 30.9 Å². The summed E-state index contributed by atoms with van der Waals surface area (Å²) in [4.78, 5) is 12.2. The Balaban J connectivity index is 2.20. The van der Waals surface area contributed by atoms with E-state index in [0.717, 1.165) is 12.1 Å². The molecule has 0 radical (unpaired) electrons. The van der Waals surface area contributed by atoms with Crippen LogP contribution in [0.4, 0.5) is 35.0 Å². The van der Waals surface area contributed by atoms with Crippen molar-refractivity contribution in [2.75, 3.05) is 29.1 Å². The molecule has 5 N–H and O–H groups in total. The number of carbonyl (C=O) groups is 1. The van der Waals surface area contributed by atoms with Crippen molar-refractivity contribution in [3.8, 4) is 5.75 Å². The zero-order valence-corrected chi connectivity index (χ0v) is 15.9. The van der Waals surface area contributed by atoms with E-state index < -0.39 is 18.1 Å². The van der Waals surface area contributed by atoms with Gasteiger partial charge in [-0.05, 0) is 18.2 Å². The fraction of sp³-hybridized carbons (Fsp3) is 0.235. The number of alkyl halides is 3. The van der Waals surface area contributed by atoms with E-state index in [9.17, 15) is 23.1 Å². The molecular weight excluding hydrogens is 447 g/mol. The van der Waals surface area contributed by atoms with Crippen LogP contribution in [0.3, 0.4) is 0 Å². The lowest BCUT2D eigenvalue weighted by molar-refractivity contribution is -0.274. The first-order chi connectivity index (χ1) is 13.2. The molecule has 0 aliphatic heterocycles. The third-order valence-corrected chi connectivity index (χ3v) is 4.11. The van der Waals surface area contributed by atoms with Gasteiger partial charge in [-0.2, -0.15) is 0 Å². The summed E-state index contributed by atoms with van der Waals surface area (Å²) in [6, 6.07) is 7.64. The van der Waals surface area contributed by atoms with Crippen LogP contribution < -0.4 is 20.7 Å². The average Bonchev–Trinajstić information content (AvgIpc) is 2.58. The summed E-state index contributed by atoms with van der Waals surface area (Å²) in [6.45, 7) is -0.472. The van der Waals surface area contributed by atoms with E-state index in [1.807, 2.05) is 0 Å². The molecule has 0 aromatic heterocycles. The quantitative estimate of drug-likeness (QED) is 0.428. The molecule has 7 nitrogen and oxygen atoms in total. The summed E-state index contributed by atoms with van der Waals surface area (Å²) in [5, 5.41) is 25.9. The third kappa shape index (κ3) is 6.59. The molecule has 0 aliphatic rings. The number of urea groups is 1. The van der Waals surface area contributed by atoms with Crippen LogP contribution in [-0.4, -0.2) is 35.8 Å². The van der Waals surface area contributed by atoms with Crippen molar-refractivity contribution in [3.05, 3.63) is 46.4 Å². The van der Waals surface area contributed by atoms with E-state index in [2.05, 4.69) is 36.6 Å². The molecule has 2 aromatic rings. The molecule has 0 aliphatic carbocycles. The number of carbonyl (C=O) groups excluding carboxylic acids is 1. The van der Waals surface area contributed by atoms with Crippen LogP contribution >= 0.6 is 15.9 Å². The van der Waals surface area contributed by atoms with E-state index in [4.69, 9.17) is 5.11 Å². The molecule has 152 valence electrons. The summed E-state index contributed by atoms with van der Waals surface area (Å²) in [5.74, 6) is -0.538. The highest BCUT2D eigenvalue weighted by molar-refractivity contribution is 9.10. The molecule has 0 bridgehead atoms. The summed E-state index contributed by atoms with van der Waals surface area (Å²) in [5.41, 5.74) is 1.01. The van der Waals surface area contributed by atoms with Crippen molar-refractivity contribution in [2.45, 2.75) is 13.0 Å². The number of hydrogen-bond acceptors (Lipinski definition) is 5. The van der Waals surface area contributed by atoms with Crippen molar-refractivity contribution >= 4 is 39.0 Å². The molecule has 28 heavy (non-hydrogen) atoms. The van der Waals surface area contributed by atoms with E-state index in [-0.39, 0.29) is 31.1 Å². The van der Waals surface area contributed by atoms with Gasteiger partial charge in [-0.3, -0.25) is 0 Å². The average molecular weight is 464 g/mol. The van der Waals surface area contributed by atoms with Gasteiger partial charge in [0.1, 0.15) is 5.75 Å². The Morgan fingerprint density at radius 3 is 2.46 bits per heavy atom. The van der Waals surface area contributed by atoms with Gasteiger partial charge in [0.05, 0.1) is 13.2 Å². The Bertz CT molecular complexity index is 834. The van der Waals surface area contributed by atoms with Crippen LogP contribution in [-0.2, 0) is 6.61 Å². The minimum atomic E-state index is -4.90. The van der Waals surface area contributed by atoms with Crippen LogP contribution in [0.25, 0.3) is 0 Å². The molecule has 0 fully saturated rings. The zero-order valence-electron chi connectivity index (χ0n) is 14.3. The number of hydrogen-bond donors (Lipinski definition) is 5. The second kappa shape index (κ2) is 9.62. The highest BCUT2D eigenvalue weighted by Crippen LogP contribution is 2.30. The Kier molecular flexibility index (Phi) is 7.49. The van der Waals surface area contributed by atoms with Gasteiger partial charge in [0.15, 0.2) is 0 Å². The molecule has 2 rings (SSSR count). The minimum absolute atomic E-state index is 0.0280. The zero-order chi connectivity index (χ0) is 20.7. The Morgan fingerprint density at radius 2 is 1.82 bits per heavy atom.